The molecule has 0 saturated carbocycles. The predicted octanol–water partition coefficient (Wildman–Crippen LogP) is 3.99. The van der Waals surface area contributed by atoms with Crippen molar-refractivity contribution >= 4 is 50.9 Å². The van der Waals surface area contributed by atoms with Crippen molar-refractivity contribution in [3.63, 3.8) is 0 Å². The van der Waals surface area contributed by atoms with E-state index in [0.717, 1.165) is 0 Å². The van der Waals surface area contributed by atoms with Crippen molar-refractivity contribution in [1.82, 2.24) is 9.80 Å². The molecule has 41 heavy (non-hydrogen) atoms. The molecule has 2 bridgehead atoms. The maximum absolute atomic E-state index is 14.7. The number of halogens is 2. The molecule has 3 fully saturated rings. The summed E-state index contributed by atoms with van der Waals surface area (Å²) in [5, 5.41) is 11.2. The van der Waals surface area contributed by atoms with Crippen LogP contribution < -0.4 is 4.90 Å². The summed E-state index contributed by atoms with van der Waals surface area (Å²) in [6.07, 6.45) is 3.00. The molecular weight excluding hydrogens is 610 g/mol. The molecular formula is C31H33BrClN3O5. The fourth-order valence-electron chi connectivity index (χ4n) is 6.75. The van der Waals surface area contributed by atoms with E-state index in [1.165, 1.54) is 9.80 Å². The molecule has 0 aliphatic carbocycles. The predicted molar refractivity (Wildman–Crippen MR) is 161 cm³/mol. The van der Waals surface area contributed by atoms with E-state index in [1.54, 1.807) is 48.4 Å². The van der Waals surface area contributed by atoms with Crippen LogP contribution >= 0.6 is 27.5 Å². The van der Waals surface area contributed by atoms with Crippen molar-refractivity contribution < 1.29 is 24.2 Å². The van der Waals surface area contributed by atoms with Crippen molar-refractivity contribution in [3.05, 3.63) is 90.5 Å². The van der Waals surface area contributed by atoms with E-state index in [1.807, 2.05) is 30.3 Å². The van der Waals surface area contributed by atoms with Crippen LogP contribution in [0.15, 0.2) is 79.9 Å². The fraction of sp³-hybridized carbons (Fsp3) is 0.387. The molecule has 2 aromatic rings. The van der Waals surface area contributed by atoms with Gasteiger partial charge >= 0.3 is 0 Å². The number of aliphatic hydroxyl groups excluding tert-OH is 1. The van der Waals surface area contributed by atoms with E-state index in [-0.39, 0.29) is 29.1 Å². The number of ether oxygens (including phenoxy) is 1. The van der Waals surface area contributed by atoms with Crippen LogP contribution in [0.4, 0.5) is 5.69 Å². The summed E-state index contributed by atoms with van der Waals surface area (Å²) in [6.45, 7) is 7.64. The third-order valence-corrected chi connectivity index (χ3v) is 9.53. The van der Waals surface area contributed by atoms with Crippen LogP contribution in [-0.4, -0.2) is 81.9 Å². The number of amides is 3. The molecule has 10 heteroatoms. The maximum atomic E-state index is 14.7. The second kappa shape index (κ2) is 11.7. The number of fused-ring (bicyclic) bond motifs is 1. The Labute approximate surface area is 253 Å². The maximum Gasteiger partial charge on any atom is 0.253 e. The quantitative estimate of drug-likeness (QED) is 0.313. The summed E-state index contributed by atoms with van der Waals surface area (Å²) >= 11 is 9.84. The number of anilines is 1. The number of carbonyl (C=O) groups is 3. The zero-order chi connectivity index (χ0) is 29.5. The number of hydrogen-bond acceptors (Lipinski definition) is 5. The molecule has 7 atom stereocenters. The smallest absolute Gasteiger partial charge is 0.253 e. The number of benzene rings is 2. The summed E-state index contributed by atoms with van der Waals surface area (Å²) in [7, 11) is 1.67. The van der Waals surface area contributed by atoms with Gasteiger partial charge in [-0.15, -0.1) is 13.2 Å². The minimum atomic E-state index is -1.28. The van der Waals surface area contributed by atoms with E-state index in [9.17, 15) is 19.5 Å². The number of likely N-dealkylation sites (tertiary alicyclic amines) is 1. The molecule has 3 aliphatic rings. The molecule has 5 rings (SSSR count). The minimum absolute atomic E-state index is 0.167. The van der Waals surface area contributed by atoms with Crippen molar-refractivity contribution in [2.75, 3.05) is 31.6 Å². The molecule has 3 unspecified atom stereocenters. The van der Waals surface area contributed by atoms with Crippen LogP contribution in [0, 0.1) is 11.8 Å². The van der Waals surface area contributed by atoms with Gasteiger partial charge in [0.1, 0.15) is 11.6 Å². The van der Waals surface area contributed by atoms with Crippen LogP contribution in [0.1, 0.15) is 18.0 Å². The Hall–Kier alpha value is -2.98. The lowest BCUT2D eigenvalue weighted by molar-refractivity contribution is -0.147. The molecule has 1 spiro atoms. The lowest BCUT2D eigenvalue weighted by atomic mass is 9.70. The Balaban J connectivity index is 1.66. The molecule has 0 radical (unpaired) electrons. The normalized spacial score (nSPS) is 28.7. The number of alkyl halides is 1. The standard InChI is InChI=1S/C31H33BrClN3O5/c1-4-15-34(3)28(38)24-25-29(39)36(23(18-37)19-9-7-6-8-10-19)27(31(25)17-22(32)26(24)41-31)30(40)35(16-5-2)21-13-11-20(33)12-14-21/h4-14,22-27,37H,1-2,15-18H2,3H3/t22?,23-,24-,25+,26-,27?,31?/m1/s1. The largest absolute Gasteiger partial charge is 0.394 e. The van der Waals surface area contributed by atoms with E-state index < -0.39 is 42.2 Å². The third-order valence-electron chi connectivity index (χ3n) is 8.43. The highest BCUT2D eigenvalue weighted by Gasteiger charge is 2.77. The first-order chi connectivity index (χ1) is 19.7. The molecule has 3 saturated heterocycles. The van der Waals surface area contributed by atoms with Gasteiger partial charge in [-0.1, -0.05) is 70.0 Å². The zero-order valence-electron chi connectivity index (χ0n) is 22.7. The summed E-state index contributed by atoms with van der Waals surface area (Å²) in [6, 6.07) is 14.0. The molecule has 8 nitrogen and oxygen atoms in total. The molecule has 1 N–H and O–H groups in total. The van der Waals surface area contributed by atoms with Gasteiger partial charge in [0.15, 0.2) is 0 Å². The molecule has 0 aromatic heterocycles. The lowest BCUT2D eigenvalue weighted by Gasteiger charge is -2.39. The second-order valence-corrected chi connectivity index (χ2v) is 12.4. The zero-order valence-corrected chi connectivity index (χ0v) is 25.1. The van der Waals surface area contributed by atoms with Gasteiger partial charge in [0, 0.05) is 35.7 Å². The first-order valence-corrected chi connectivity index (χ1v) is 14.8. The van der Waals surface area contributed by atoms with Crippen LogP contribution in [0.5, 0.6) is 0 Å². The highest BCUT2D eigenvalue weighted by molar-refractivity contribution is 9.09. The van der Waals surface area contributed by atoms with E-state index in [0.29, 0.717) is 29.2 Å². The topological polar surface area (TPSA) is 90.4 Å². The van der Waals surface area contributed by atoms with Crippen molar-refractivity contribution in [3.8, 4) is 0 Å². The Bertz CT molecular complexity index is 1340. The SMILES string of the molecule is C=CCN(C)C(=O)[C@H]1[C@@H]2OC3(CC2Br)C(C(=O)N(CC=C)c2ccc(Cl)cc2)N([C@H](CO)c2ccccc2)C(=O)[C@H]13. The molecule has 3 amide bonds. The molecule has 216 valence electrons. The van der Waals surface area contributed by atoms with Gasteiger partial charge < -0.3 is 24.5 Å². The van der Waals surface area contributed by atoms with Crippen LogP contribution in [0.2, 0.25) is 5.02 Å². The minimum Gasteiger partial charge on any atom is -0.394 e. The van der Waals surface area contributed by atoms with E-state index in [2.05, 4.69) is 29.1 Å². The second-order valence-electron chi connectivity index (χ2n) is 10.7. The highest BCUT2D eigenvalue weighted by atomic mass is 79.9. The molecule has 3 heterocycles. The van der Waals surface area contributed by atoms with Gasteiger partial charge in [0.25, 0.3) is 5.91 Å². The van der Waals surface area contributed by atoms with Crippen molar-refractivity contribution in [2.24, 2.45) is 11.8 Å². The Kier molecular flexibility index (Phi) is 8.43. The Morgan fingerprint density at radius 2 is 1.80 bits per heavy atom. The first-order valence-electron chi connectivity index (χ1n) is 13.5. The van der Waals surface area contributed by atoms with E-state index >= 15 is 0 Å². The summed E-state index contributed by atoms with van der Waals surface area (Å²) in [5.74, 6) is -2.71. The van der Waals surface area contributed by atoms with Gasteiger partial charge in [0.2, 0.25) is 11.8 Å². The average molecular weight is 643 g/mol. The number of hydrogen-bond donors (Lipinski definition) is 1. The highest BCUT2D eigenvalue weighted by Crippen LogP contribution is 2.61. The summed E-state index contributed by atoms with van der Waals surface area (Å²) in [5.41, 5.74) is -0.0277. The van der Waals surface area contributed by atoms with Crippen molar-refractivity contribution in [1.29, 1.82) is 0 Å². The Morgan fingerprint density at radius 1 is 1.15 bits per heavy atom. The third kappa shape index (κ3) is 4.82. The number of rotatable bonds is 10. The first kappa shape index (κ1) is 29.5. The molecule has 2 aromatic carbocycles. The molecule has 3 aliphatic heterocycles. The average Bonchev–Trinajstić information content (AvgIpc) is 3.56. The van der Waals surface area contributed by atoms with Crippen LogP contribution in [0.3, 0.4) is 0 Å². The monoisotopic (exact) mass is 641 g/mol. The number of nitrogens with zero attached hydrogens (tertiary/aromatic N) is 3. The van der Waals surface area contributed by atoms with Gasteiger partial charge in [-0.2, -0.15) is 0 Å². The van der Waals surface area contributed by atoms with E-state index in [4.69, 9.17) is 16.3 Å². The lowest BCUT2D eigenvalue weighted by Crippen LogP contribution is -2.57. The van der Waals surface area contributed by atoms with Gasteiger partial charge in [0.05, 0.1) is 30.6 Å². The Morgan fingerprint density at radius 3 is 2.41 bits per heavy atom. The van der Waals surface area contributed by atoms with Crippen molar-refractivity contribution in [2.45, 2.75) is 35.0 Å². The van der Waals surface area contributed by atoms with Crippen LogP contribution in [0.25, 0.3) is 0 Å². The number of aliphatic hydroxyl groups is 1. The number of likely N-dealkylation sites (N-methyl/N-ethyl adjacent to an activating group) is 1. The fourth-order valence-corrected chi connectivity index (χ4v) is 7.82. The summed E-state index contributed by atoms with van der Waals surface area (Å²) < 4.78 is 6.65. The van der Waals surface area contributed by atoms with Gasteiger partial charge in [-0.3, -0.25) is 14.4 Å². The summed E-state index contributed by atoms with van der Waals surface area (Å²) in [4.78, 5) is 47.3. The van der Waals surface area contributed by atoms with Gasteiger partial charge in [-0.25, -0.2) is 0 Å². The number of carbonyl (C=O) groups excluding carboxylic acids is 3. The van der Waals surface area contributed by atoms with Crippen LogP contribution in [-0.2, 0) is 19.1 Å². The van der Waals surface area contributed by atoms with Gasteiger partial charge in [-0.05, 0) is 36.2 Å².